The average Bonchev–Trinajstić information content (AvgIpc) is 2.51. The lowest BCUT2D eigenvalue weighted by molar-refractivity contribution is -0.122. The predicted molar refractivity (Wildman–Crippen MR) is 57.8 cm³/mol. The lowest BCUT2D eigenvalue weighted by Gasteiger charge is -2.19. The van der Waals surface area contributed by atoms with Gasteiger partial charge >= 0.3 is 0 Å². The highest BCUT2D eigenvalue weighted by Crippen LogP contribution is 2.16. The fraction of sp³-hybridized carbons (Fsp3) is 0.727. The fourth-order valence-corrected chi connectivity index (χ4v) is 1.84. The number of hydrogen-bond acceptors (Lipinski definition) is 2. The summed E-state index contributed by atoms with van der Waals surface area (Å²) < 4.78 is 0. The molecule has 0 aromatic heterocycles. The second kappa shape index (κ2) is 5.15. The van der Waals surface area contributed by atoms with Crippen LogP contribution < -0.4 is 5.73 Å². The maximum atomic E-state index is 11.1. The molecule has 2 N–H and O–H groups in total. The number of rotatable bonds is 4. The van der Waals surface area contributed by atoms with E-state index >= 15 is 0 Å². The third kappa shape index (κ3) is 3.14. The average molecular weight is 196 g/mol. The van der Waals surface area contributed by atoms with E-state index in [9.17, 15) is 4.79 Å². The van der Waals surface area contributed by atoms with Crippen LogP contribution in [-0.4, -0.2) is 29.9 Å². The van der Waals surface area contributed by atoms with Gasteiger partial charge in [0.2, 0.25) is 5.91 Å². The van der Waals surface area contributed by atoms with E-state index in [1.54, 1.807) is 0 Å². The molecule has 1 amide bonds. The molecule has 1 rings (SSSR count). The molecule has 0 radical (unpaired) electrons. The van der Waals surface area contributed by atoms with Crippen molar-refractivity contribution in [2.75, 3.05) is 13.1 Å². The molecule has 0 saturated carbocycles. The number of likely N-dealkylation sites (tertiary alicyclic amines) is 1. The van der Waals surface area contributed by atoms with Crippen molar-refractivity contribution in [2.45, 2.75) is 32.7 Å². The van der Waals surface area contributed by atoms with Crippen molar-refractivity contribution in [3.05, 3.63) is 12.2 Å². The van der Waals surface area contributed by atoms with Crippen LogP contribution in [-0.2, 0) is 4.79 Å². The van der Waals surface area contributed by atoms with Gasteiger partial charge in [-0.05, 0) is 25.3 Å². The van der Waals surface area contributed by atoms with Crippen molar-refractivity contribution < 1.29 is 4.79 Å². The van der Waals surface area contributed by atoms with E-state index in [1.807, 2.05) is 0 Å². The minimum Gasteiger partial charge on any atom is -0.368 e. The van der Waals surface area contributed by atoms with Crippen molar-refractivity contribution in [3.8, 4) is 0 Å². The minimum atomic E-state index is -0.180. The Bertz CT molecular complexity index is 223. The molecule has 1 aliphatic heterocycles. The first-order valence-electron chi connectivity index (χ1n) is 5.31. The Hall–Kier alpha value is -0.830. The van der Waals surface area contributed by atoms with Crippen molar-refractivity contribution >= 4 is 5.91 Å². The van der Waals surface area contributed by atoms with Crippen LogP contribution in [0.1, 0.15) is 26.7 Å². The zero-order valence-corrected chi connectivity index (χ0v) is 9.07. The van der Waals surface area contributed by atoms with Gasteiger partial charge in [0, 0.05) is 6.54 Å². The van der Waals surface area contributed by atoms with Crippen LogP contribution >= 0.6 is 0 Å². The van der Waals surface area contributed by atoms with E-state index in [0.29, 0.717) is 5.92 Å². The van der Waals surface area contributed by atoms with Gasteiger partial charge < -0.3 is 5.73 Å². The van der Waals surface area contributed by atoms with Gasteiger partial charge in [-0.3, -0.25) is 9.69 Å². The number of carbonyl (C=O) groups is 1. The molecule has 0 spiro atoms. The summed E-state index contributed by atoms with van der Waals surface area (Å²) >= 11 is 0. The van der Waals surface area contributed by atoms with Gasteiger partial charge in [-0.15, -0.1) is 0 Å². The molecule has 1 heterocycles. The molecule has 14 heavy (non-hydrogen) atoms. The van der Waals surface area contributed by atoms with Crippen molar-refractivity contribution in [2.24, 2.45) is 11.7 Å². The third-order valence-electron chi connectivity index (χ3n) is 2.55. The van der Waals surface area contributed by atoms with E-state index in [0.717, 1.165) is 25.9 Å². The van der Waals surface area contributed by atoms with Gasteiger partial charge in [0.25, 0.3) is 0 Å². The molecule has 0 aromatic rings. The molecular weight excluding hydrogens is 176 g/mol. The normalized spacial score (nSPS) is 23.8. The third-order valence-corrected chi connectivity index (χ3v) is 2.55. The van der Waals surface area contributed by atoms with Gasteiger partial charge in [-0.25, -0.2) is 0 Å². The van der Waals surface area contributed by atoms with Gasteiger partial charge in [-0.2, -0.15) is 0 Å². The second-order valence-electron chi connectivity index (χ2n) is 4.23. The van der Waals surface area contributed by atoms with Gasteiger partial charge in [-0.1, -0.05) is 26.0 Å². The molecule has 1 atom stereocenters. The number of carbonyl (C=O) groups excluding carboxylic acids is 1. The van der Waals surface area contributed by atoms with Crippen LogP contribution in [0, 0.1) is 5.92 Å². The quantitative estimate of drug-likeness (QED) is 0.686. The zero-order chi connectivity index (χ0) is 10.6. The summed E-state index contributed by atoms with van der Waals surface area (Å²) in [4.78, 5) is 13.2. The van der Waals surface area contributed by atoms with Crippen LogP contribution in [0.3, 0.4) is 0 Å². The molecule has 3 nitrogen and oxygen atoms in total. The van der Waals surface area contributed by atoms with Crippen LogP contribution in [0.15, 0.2) is 12.2 Å². The van der Waals surface area contributed by atoms with E-state index in [2.05, 4.69) is 30.9 Å². The molecule has 0 aliphatic carbocycles. The Kier molecular flexibility index (Phi) is 4.14. The van der Waals surface area contributed by atoms with Crippen molar-refractivity contribution in [1.29, 1.82) is 0 Å². The largest absolute Gasteiger partial charge is 0.368 e. The Balaban J connectivity index is 2.40. The summed E-state index contributed by atoms with van der Waals surface area (Å²) in [5, 5.41) is 0. The summed E-state index contributed by atoms with van der Waals surface area (Å²) in [7, 11) is 0. The first-order valence-corrected chi connectivity index (χ1v) is 5.31. The minimum absolute atomic E-state index is 0.0354. The Labute approximate surface area is 86.0 Å². The Morgan fingerprint density at radius 2 is 2.36 bits per heavy atom. The van der Waals surface area contributed by atoms with Crippen LogP contribution in [0.2, 0.25) is 0 Å². The molecule has 0 aromatic carbocycles. The molecule has 3 heteroatoms. The van der Waals surface area contributed by atoms with Crippen LogP contribution in [0.4, 0.5) is 0 Å². The monoisotopic (exact) mass is 196 g/mol. The number of nitrogens with two attached hydrogens (primary N) is 1. The highest BCUT2D eigenvalue weighted by atomic mass is 16.1. The summed E-state index contributed by atoms with van der Waals surface area (Å²) in [6.45, 7) is 6.14. The van der Waals surface area contributed by atoms with E-state index < -0.39 is 0 Å². The molecule has 1 saturated heterocycles. The molecule has 0 bridgehead atoms. The summed E-state index contributed by atoms with van der Waals surface area (Å²) in [6, 6.07) is -0.0354. The molecule has 0 unspecified atom stereocenters. The molecule has 80 valence electrons. The second-order valence-corrected chi connectivity index (χ2v) is 4.23. The smallest absolute Gasteiger partial charge is 0.234 e. The first kappa shape index (κ1) is 11.2. The highest BCUT2D eigenvalue weighted by molar-refractivity contribution is 5.80. The van der Waals surface area contributed by atoms with E-state index in [1.165, 1.54) is 0 Å². The maximum absolute atomic E-state index is 11.1. The predicted octanol–water partition coefficient (Wildman–Crippen LogP) is 1.15. The Morgan fingerprint density at radius 3 is 2.93 bits per heavy atom. The first-order chi connectivity index (χ1) is 6.61. The van der Waals surface area contributed by atoms with Crippen molar-refractivity contribution in [3.63, 3.8) is 0 Å². The maximum Gasteiger partial charge on any atom is 0.234 e. The van der Waals surface area contributed by atoms with Gasteiger partial charge in [0.15, 0.2) is 0 Å². The Morgan fingerprint density at radius 1 is 1.64 bits per heavy atom. The summed E-state index contributed by atoms with van der Waals surface area (Å²) in [6.07, 6.45) is 6.30. The summed E-state index contributed by atoms with van der Waals surface area (Å²) in [5.41, 5.74) is 5.31. The van der Waals surface area contributed by atoms with E-state index in [-0.39, 0.29) is 11.9 Å². The van der Waals surface area contributed by atoms with Crippen molar-refractivity contribution in [1.82, 2.24) is 4.90 Å². The lowest BCUT2D eigenvalue weighted by atomic mass is 10.2. The number of allylic oxidation sites excluding steroid dienone is 1. The fourth-order valence-electron chi connectivity index (χ4n) is 1.84. The summed E-state index contributed by atoms with van der Waals surface area (Å²) in [5.74, 6) is 0.394. The zero-order valence-electron chi connectivity index (χ0n) is 9.07. The van der Waals surface area contributed by atoms with Crippen LogP contribution in [0.25, 0.3) is 0 Å². The standard InChI is InChI=1S/C11H20N2O/c1-9(2)5-3-7-13-8-4-6-10(13)11(12)14/h3,5,9-10H,4,6-8H2,1-2H3,(H2,12,14)/t10-/m1/s1. The van der Waals surface area contributed by atoms with Crippen LogP contribution in [0.5, 0.6) is 0 Å². The highest BCUT2D eigenvalue weighted by Gasteiger charge is 2.27. The topological polar surface area (TPSA) is 46.3 Å². The van der Waals surface area contributed by atoms with Gasteiger partial charge in [0.1, 0.15) is 0 Å². The number of primary amides is 1. The van der Waals surface area contributed by atoms with E-state index in [4.69, 9.17) is 5.73 Å². The number of hydrogen-bond donors (Lipinski definition) is 1. The molecule has 1 fully saturated rings. The lowest BCUT2D eigenvalue weighted by Crippen LogP contribution is -2.40. The SMILES string of the molecule is CC(C)C=CCN1CCC[C@@H]1C(N)=O. The number of amides is 1. The molecule has 1 aliphatic rings. The molecular formula is C11H20N2O. The van der Waals surface area contributed by atoms with Gasteiger partial charge in [0.05, 0.1) is 6.04 Å². The number of nitrogens with zero attached hydrogens (tertiary/aromatic N) is 1.